The number of amides is 1. The van der Waals surface area contributed by atoms with E-state index < -0.39 is 5.60 Å². The van der Waals surface area contributed by atoms with Crippen molar-refractivity contribution in [3.8, 4) is 5.75 Å². The number of carbonyl (C=O) groups is 1. The van der Waals surface area contributed by atoms with Gasteiger partial charge in [0, 0.05) is 18.6 Å². The number of nitrogens with zero attached hydrogens (tertiary/aromatic N) is 1. The van der Waals surface area contributed by atoms with Crippen molar-refractivity contribution < 1.29 is 14.6 Å². The largest absolute Gasteiger partial charge is 0.490 e. The Labute approximate surface area is 129 Å². The van der Waals surface area contributed by atoms with E-state index in [2.05, 4.69) is 5.32 Å². The quantitative estimate of drug-likeness (QED) is 0.860. The number of aliphatic hydroxyl groups is 1. The number of rotatable bonds is 5. The average molecular weight is 313 g/mol. The fourth-order valence-corrected chi connectivity index (χ4v) is 2.70. The van der Waals surface area contributed by atoms with Crippen LogP contribution in [-0.4, -0.2) is 54.8 Å². The van der Waals surface area contributed by atoms with Gasteiger partial charge in [0.05, 0.1) is 6.54 Å². The average Bonchev–Trinajstić information content (AvgIpc) is 2.45. The summed E-state index contributed by atoms with van der Waals surface area (Å²) in [5.41, 5.74) is -0.936. The zero-order valence-corrected chi connectivity index (χ0v) is 12.9. The number of β-amino-alcohol motifs (C(OH)–C–C–N with tert-alkyl or cyclic N) is 1. The standard InChI is InChI=1S/C15H21ClN2O3/c1-17-14(19)9-18-7-3-6-15(20,10-18)11-21-13-5-2-4-12(16)8-13/h2,4-5,8,20H,3,6-7,9-11H2,1H3,(H,17,19). The Morgan fingerprint density at radius 1 is 1.57 bits per heavy atom. The molecule has 1 unspecified atom stereocenters. The highest BCUT2D eigenvalue weighted by Crippen LogP contribution is 2.24. The molecule has 6 heteroatoms. The van der Waals surface area contributed by atoms with Crippen LogP contribution >= 0.6 is 11.6 Å². The second-order valence-corrected chi connectivity index (χ2v) is 5.89. The van der Waals surface area contributed by atoms with Crippen molar-refractivity contribution in [2.24, 2.45) is 0 Å². The van der Waals surface area contributed by atoms with Gasteiger partial charge in [0.15, 0.2) is 0 Å². The molecule has 1 atom stereocenters. The number of nitrogens with one attached hydrogen (secondary N) is 1. The van der Waals surface area contributed by atoms with E-state index >= 15 is 0 Å². The molecule has 1 heterocycles. The number of halogens is 1. The molecule has 1 aromatic rings. The zero-order valence-electron chi connectivity index (χ0n) is 12.1. The maximum atomic E-state index is 11.4. The van der Waals surface area contributed by atoms with E-state index in [1.807, 2.05) is 4.90 Å². The van der Waals surface area contributed by atoms with Crippen LogP contribution in [0.1, 0.15) is 12.8 Å². The van der Waals surface area contributed by atoms with Crippen LogP contribution in [0.4, 0.5) is 0 Å². The molecule has 0 aliphatic carbocycles. The highest BCUT2D eigenvalue weighted by Gasteiger charge is 2.34. The molecule has 21 heavy (non-hydrogen) atoms. The number of likely N-dealkylation sites (tertiary alicyclic amines) is 1. The van der Waals surface area contributed by atoms with E-state index in [1.165, 1.54) is 0 Å². The van der Waals surface area contributed by atoms with Crippen LogP contribution in [0.3, 0.4) is 0 Å². The molecule has 116 valence electrons. The highest BCUT2D eigenvalue weighted by molar-refractivity contribution is 6.30. The first-order chi connectivity index (χ1) is 10.0. The first kappa shape index (κ1) is 16.1. The smallest absolute Gasteiger partial charge is 0.233 e. The Balaban J connectivity index is 1.90. The summed E-state index contributed by atoms with van der Waals surface area (Å²) in [6.07, 6.45) is 1.50. The molecular formula is C15H21ClN2O3. The van der Waals surface area contributed by atoms with Gasteiger partial charge in [-0.2, -0.15) is 0 Å². The number of likely N-dealkylation sites (N-methyl/N-ethyl adjacent to an activating group) is 1. The van der Waals surface area contributed by atoms with Gasteiger partial charge in [-0.15, -0.1) is 0 Å². The summed E-state index contributed by atoms with van der Waals surface area (Å²) in [5.74, 6) is 0.592. The molecule has 1 aromatic carbocycles. The van der Waals surface area contributed by atoms with Gasteiger partial charge in [-0.05, 0) is 37.6 Å². The lowest BCUT2D eigenvalue weighted by Crippen LogP contribution is -2.53. The van der Waals surface area contributed by atoms with Crippen molar-refractivity contribution in [1.29, 1.82) is 0 Å². The molecule has 0 spiro atoms. The van der Waals surface area contributed by atoms with Crippen LogP contribution in [0.25, 0.3) is 0 Å². The molecular weight excluding hydrogens is 292 g/mol. The molecule has 2 rings (SSSR count). The first-order valence-corrected chi connectivity index (χ1v) is 7.42. The van der Waals surface area contributed by atoms with E-state index in [9.17, 15) is 9.90 Å². The number of benzene rings is 1. The van der Waals surface area contributed by atoms with Crippen molar-refractivity contribution in [3.63, 3.8) is 0 Å². The fraction of sp³-hybridized carbons (Fsp3) is 0.533. The number of carbonyl (C=O) groups excluding carboxylic acids is 1. The maximum Gasteiger partial charge on any atom is 0.233 e. The minimum absolute atomic E-state index is 0.0463. The third kappa shape index (κ3) is 4.88. The van der Waals surface area contributed by atoms with Gasteiger partial charge in [0.25, 0.3) is 0 Å². The molecule has 0 aromatic heterocycles. The van der Waals surface area contributed by atoms with Crippen LogP contribution in [0.15, 0.2) is 24.3 Å². The highest BCUT2D eigenvalue weighted by atomic mass is 35.5. The van der Waals surface area contributed by atoms with Gasteiger partial charge in [0.2, 0.25) is 5.91 Å². The SMILES string of the molecule is CNC(=O)CN1CCCC(O)(COc2cccc(Cl)c2)C1. The van der Waals surface area contributed by atoms with Crippen molar-refractivity contribution in [1.82, 2.24) is 10.2 Å². The first-order valence-electron chi connectivity index (χ1n) is 7.04. The summed E-state index contributed by atoms with van der Waals surface area (Å²) >= 11 is 5.90. The predicted octanol–water partition coefficient (Wildman–Crippen LogP) is 1.29. The lowest BCUT2D eigenvalue weighted by molar-refractivity contribution is -0.124. The Hall–Kier alpha value is -1.30. The molecule has 1 aliphatic rings. The van der Waals surface area contributed by atoms with E-state index in [-0.39, 0.29) is 12.5 Å². The minimum Gasteiger partial charge on any atom is -0.490 e. The number of ether oxygens (including phenoxy) is 1. The monoisotopic (exact) mass is 312 g/mol. The molecule has 2 N–H and O–H groups in total. The summed E-state index contributed by atoms with van der Waals surface area (Å²) in [7, 11) is 1.61. The topological polar surface area (TPSA) is 61.8 Å². The van der Waals surface area contributed by atoms with Crippen molar-refractivity contribution >= 4 is 17.5 Å². The van der Waals surface area contributed by atoms with Gasteiger partial charge in [-0.1, -0.05) is 17.7 Å². The number of hydrogen-bond acceptors (Lipinski definition) is 4. The fourth-order valence-electron chi connectivity index (χ4n) is 2.52. The van der Waals surface area contributed by atoms with Gasteiger partial charge in [0.1, 0.15) is 18.0 Å². The second-order valence-electron chi connectivity index (χ2n) is 5.46. The molecule has 0 saturated carbocycles. The molecule has 5 nitrogen and oxygen atoms in total. The van der Waals surface area contributed by atoms with Crippen LogP contribution in [0, 0.1) is 0 Å². The number of hydrogen-bond donors (Lipinski definition) is 2. The summed E-state index contributed by atoms with van der Waals surface area (Å²) in [6.45, 7) is 1.74. The summed E-state index contributed by atoms with van der Waals surface area (Å²) < 4.78 is 5.65. The van der Waals surface area contributed by atoms with Crippen molar-refractivity contribution in [2.45, 2.75) is 18.4 Å². The van der Waals surface area contributed by atoms with Gasteiger partial charge in [-0.25, -0.2) is 0 Å². The van der Waals surface area contributed by atoms with Crippen LogP contribution < -0.4 is 10.1 Å². The third-order valence-electron chi connectivity index (χ3n) is 3.58. The molecule has 0 bridgehead atoms. The van der Waals surface area contributed by atoms with E-state index in [1.54, 1.807) is 31.3 Å². The van der Waals surface area contributed by atoms with E-state index in [0.29, 0.717) is 30.3 Å². The Bertz CT molecular complexity index is 498. The van der Waals surface area contributed by atoms with Crippen LogP contribution in [0.5, 0.6) is 5.75 Å². The third-order valence-corrected chi connectivity index (χ3v) is 3.82. The molecule has 1 amide bonds. The van der Waals surface area contributed by atoms with Crippen molar-refractivity contribution in [3.05, 3.63) is 29.3 Å². The van der Waals surface area contributed by atoms with Crippen molar-refractivity contribution in [2.75, 3.05) is 33.3 Å². The summed E-state index contributed by atoms with van der Waals surface area (Å²) in [6, 6.07) is 7.10. The predicted molar refractivity (Wildman–Crippen MR) is 81.6 cm³/mol. The van der Waals surface area contributed by atoms with Gasteiger partial charge < -0.3 is 15.2 Å². The lowest BCUT2D eigenvalue weighted by atomic mass is 9.93. The second kappa shape index (κ2) is 7.11. The summed E-state index contributed by atoms with van der Waals surface area (Å²) in [5, 5.41) is 13.8. The molecule has 0 radical (unpaired) electrons. The Morgan fingerprint density at radius 2 is 2.38 bits per heavy atom. The maximum absolute atomic E-state index is 11.4. The summed E-state index contributed by atoms with van der Waals surface area (Å²) in [4.78, 5) is 13.4. The lowest BCUT2D eigenvalue weighted by Gasteiger charge is -2.38. The number of piperidine rings is 1. The Morgan fingerprint density at radius 3 is 3.10 bits per heavy atom. The molecule has 1 fully saturated rings. The van der Waals surface area contributed by atoms with Crippen LogP contribution in [0.2, 0.25) is 5.02 Å². The van der Waals surface area contributed by atoms with Gasteiger partial charge >= 0.3 is 0 Å². The van der Waals surface area contributed by atoms with Crippen LogP contribution in [-0.2, 0) is 4.79 Å². The van der Waals surface area contributed by atoms with Gasteiger partial charge in [-0.3, -0.25) is 9.69 Å². The minimum atomic E-state index is -0.936. The van der Waals surface area contributed by atoms with E-state index in [0.717, 1.165) is 13.0 Å². The van der Waals surface area contributed by atoms with E-state index in [4.69, 9.17) is 16.3 Å². The molecule has 1 saturated heterocycles. The molecule has 1 aliphatic heterocycles. The zero-order chi connectivity index (χ0) is 15.3. The Kier molecular flexibility index (Phi) is 5.45. The normalized spacial score (nSPS) is 22.8.